The van der Waals surface area contributed by atoms with Gasteiger partial charge in [0.15, 0.2) is 0 Å². The number of thiazole rings is 1. The Hall–Kier alpha value is 0.0600. The highest BCUT2D eigenvalue weighted by Crippen LogP contribution is 2.39. The summed E-state index contributed by atoms with van der Waals surface area (Å²) in [5.41, 5.74) is 0. The van der Waals surface area contributed by atoms with E-state index in [-0.39, 0.29) is 7.92 Å². The molecule has 0 radical (unpaired) electrons. The van der Waals surface area contributed by atoms with Crippen LogP contribution in [-0.4, -0.2) is 17.3 Å². The van der Waals surface area contributed by atoms with Crippen LogP contribution in [0.25, 0.3) is 0 Å². The van der Waals surface area contributed by atoms with Crippen molar-refractivity contribution in [2.75, 3.05) is 12.3 Å². The summed E-state index contributed by atoms with van der Waals surface area (Å²) in [6.45, 7) is 9.24. The van der Waals surface area contributed by atoms with E-state index in [1.807, 2.05) is 17.5 Å². The van der Waals surface area contributed by atoms with Crippen molar-refractivity contribution in [3.63, 3.8) is 0 Å². The predicted molar refractivity (Wildman–Crippen MR) is 68.1 cm³/mol. The molecule has 0 saturated heterocycles. The zero-order valence-corrected chi connectivity index (χ0v) is 11.2. The standard InChI is InChI=1S/C11H20NPS/c1-9(2)7-13(8-10(3)4)11-12-5-6-14-11/h5-6,9-10H,7-8H2,1-4H3. The van der Waals surface area contributed by atoms with Gasteiger partial charge < -0.3 is 0 Å². The first-order valence-corrected chi connectivity index (χ1v) is 7.83. The number of hydrogen-bond donors (Lipinski definition) is 0. The second-order valence-electron chi connectivity index (χ2n) is 4.51. The first kappa shape index (κ1) is 12.1. The predicted octanol–water partition coefficient (Wildman–Crippen LogP) is 3.56. The average molecular weight is 229 g/mol. The molecule has 1 heterocycles. The van der Waals surface area contributed by atoms with Crippen LogP contribution in [0.4, 0.5) is 0 Å². The summed E-state index contributed by atoms with van der Waals surface area (Å²) in [4.78, 5) is 4.47. The molecule has 80 valence electrons. The molecule has 0 saturated carbocycles. The van der Waals surface area contributed by atoms with Gasteiger partial charge in [0, 0.05) is 11.6 Å². The molecule has 0 aliphatic rings. The van der Waals surface area contributed by atoms with Crippen LogP contribution < -0.4 is 4.75 Å². The van der Waals surface area contributed by atoms with E-state index in [4.69, 9.17) is 0 Å². The molecule has 0 aromatic carbocycles. The molecule has 1 aromatic rings. The van der Waals surface area contributed by atoms with Gasteiger partial charge in [-0.25, -0.2) is 4.98 Å². The first-order valence-electron chi connectivity index (χ1n) is 5.24. The van der Waals surface area contributed by atoms with E-state index in [0.29, 0.717) is 0 Å². The fourth-order valence-electron chi connectivity index (χ4n) is 1.48. The van der Waals surface area contributed by atoms with E-state index in [0.717, 1.165) is 11.8 Å². The molecule has 0 N–H and O–H groups in total. The van der Waals surface area contributed by atoms with Crippen molar-refractivity contribution >= 4 is 24.0 Å². The second kappa shape index (κ2) is 5.82. The molecule has 1 rings (SSSR count). The summed E-state index contributed by atoms with van der Waals surface area (Å²) in [5, 5.41) is 2.10. The van der Waals surface area contributed by atoms with Gasteiger partial charge >= 0.3 is 0 Å². The lowest BCUT2D eigenvalue weighted by Crippen LogP contribution is -2.11. The first-order chi connectivity index (χ1) is 6.59. The lowest BCUT2D eigenvalue weighted by molar-refractivity contribution is 0.721. The highest BCUT2D eigenvalue weighted by Gasteiger charge is 2.16. The van der Waals surface area contributed by atoms with Gasteiger partial charge in [-0.2, -0.15) is 0 Å². The van der Waals surface area contributed by atoms with Crippen LogP contribution in [0.5, 0.6) is 0 Å². The monoisotopic (exact) mass is 229 g/mol. The number of aromatic nitrogens is 1. The quantitative estimate of drug-likeness (QED) is 0.703. The van der Waals surface area contributed by atoms with Gasteiger partial charge in [0.05, 0.1) is 0 Å². The normalized spacial score (nSPS) is 11.9. The van der Waals surface area contributed by atoms with Crippen LogP contribution in [-0.2, 0) is 0 Å². The average Bonchev–Trinajstić information content (AvgIpc) is 2.52. The minimum Gasteiger partial charge on any atom is -0.245 e. The molecule has 0 atom stereocenters. The Balaban J connectivity index is 2.62. The van der Waals surface area contributed by atoms with E-state index in [1.165, 1.54) is 17.1 Å². The summed E-state index contributed by atoms with van der Waals surface area (Å²) >= 11 is 1.83. The molecule has 3 heteroatoms. The van der Waals surface area contributed by atoms with Crippen LogP contribution in [0.3, 0.4) is 0 Å². The van der Waals surface area contributed by atoms with Gasteiger partial charge in [0.25, 0.3) is 0 Å². The zero-order valence-electron chi connectivity index (χ0n) is 9.53. The van der Waals surface area contributed by atoms with Crippen LogP contribution in [0, 0.1) is 11.8 Å². The fourth-order valence-corrected chi connectivity index (χ4v) is 5.53. The largest absolute Gasteiger partial charge is 0.245 e. The molecule has 0 spiro atoms. The van der Waals surface area contributed by atoms with Gasteiger partial charge in [-0.3, -0.25) is 0 Å². The number of rotatable bonds is 5. The minimum absolute atomic E-state index is 0.00977. The molecular weight excluding hydrogens is 209 g/mol. The maximum Gasteiger partial charge on any atom is 0.115 e. The van der Waals surface area contributed by atoms with Crippen LogP contribution in [0.15, 0.2) is 11.6 Å². The van der Waals surface area contributed by atoms with Gasteiger partial charge in [0.2, 0.25) is 0 Å². The lowest BCUT2D eigenvalue weighted by atomic mass is 10.3. The minimum atomic E-state index is 0.00977. The summed E-state index contributed by atoms with van der Waals surface area (Å²) in [7, 11) is 0.00977. The molecule has 0 bridgehead atoms. The SMILES string of the molecule is CC(C)CP(CC(C)C)c1nccs1. The van der Waals surface area contributed by atoms with Gasteiger partial charge in [-0.05, 0) is 32.1 Å². The molecule has 1 aromatic heterocycles. The smallest absolute Gasteiger partial charge is 0.115 e. The van der Waals surface area contributed by atoms with Gasteiger partial charge in [-0.1, -0.05) is 27.7 Å². The molecule has 0 fully saturated rings. The summed E-state index contributed by atoms with van der Waals surface area (Å²) in [6, 6.07) is 0. The summed E-state index contributed by atoms with van der Waals surface area (Å²) in [5.74, 6) is 1.59. The molecule has 0 unspecified atom stereocenters. The fraction of sp³-hybridized carbons (Fsp3) is 0.727. The van der Waals surface area contributed by atoms with Crippen molar-refractivity contribution in [2.45, 2.75) is 27.7 Å². The maximum atomic E-state index is 4.47. The molecule has 0 aliphatic heterocycles. The van der Waals surface area contributed by atoms with Crippen LogP contribution in [0.2, 0.25) is 0 Å². The Morgan fingerprint density at radius 3 is 2.14 bits per heavy atom. The Labute approximate surface area is 92.7 Å². The third-order valence-electron chi connectivity index (χ3n) is 1.86. The van der Waals surface area contributed by atoms with Crippen molar-refractivity contribution in [3.8, 4) is 0 Å². The number of nitrogens with zero attached hydrogens (tertiary/aromatic N) is 1. The van der Waals surface area contributed by atoms with Crippen molar-refractivity contribution in [2.24, 2.45) is 11.8 Å². The van der Waals surface area contributed by atoms with Gasteiger partial charge in [-0.15, -0.1) is 11.3 Å². The van der Waals surface area contributed by atoms with Gasteiger partial charge in [0.1, 0.15) is 4.75 Å². The molecular formula is C11H20NPS. The van der Waals surface area contributed by atoms with E-state index in [1.54, 1.807) is 0 Å². The van der Waals surface area contributed by atoms with Crippen molar-refractivity contribution < 1.29 is 0 Å². The lowest BCUT2D eigenvalue weighted by Gasteiger charge is -2.19. The van der Waals surface area contributed by atoms with Crippen LogP contribution in [0.1, 0.15) is 27.7 Å². The highest BCUT2D eigenvalue weighted by molar-refractivity contribution is 7.71. The van der Waals surface area contributed by atoms with E-state index in [9.17, 15) is 0 Å². The third kappa shape index (κ3) is 4.06. The van der Waals surface area contributed by atoms with Crippen LogP contribution >= 0.6 is 19.3 Å². The molecule has 14 heavy (non-hydrogen) atoms. The molecule has 0 amide bonds. The zero-order chi connectivity index (χ0) is 10.6. The van der Waals surface area contributed by atoms with E-state index in [2.05, 4.69) is 38.1 Å². The van der Waals surface area contributed by atoms with Crippen molar-refractivity contribution in [1.82, 2.24) is 4.98 Å². The highest BCUT2D eigenvalue weighted by atomic mass is 32.1. The third-order valence-corrected chi connectivity index (χ3v) is 6.52. The summed E-state index contributed by atoms with van der Waals surface area (Å²) in [6.07, 6.45) is 4.61. The Bertz CT molecular complexity index is 234. The second-order valence-corrected chi connectivity index (χ2v) is 7.94. The van der Waals surface area contributed by atoms with Crippen molar-refractivity contribution in [3.05, 3.63) is 11.6 Å². The van der Waals surface area contributed by atoms with E-state index < -0.39 is 0 Å². The Morgan fingerprint density at radius 1 is 1.21 bits per heavy atom. The van der Waals surface area contributed by atoms with Crippen molar-refractivity contribution in [1.29, 1.82) is 0 Å². The Morgan fingerprint density at radius 2 is 1.79 bits per heavy atom. The topological polar surface area (TPSA) is 12.9 Å². The maximum absolute atomic E-state index is 4.47. The number of hydrogen-bond acceptors (Lipinski definition) is 2. The summed E-state index contributed by atoms with van der Waals surface area (Å²) < 4.78 is 1.39. The molecule has 0 aliphatic carbocycles. The Kier molecular flexibility index (Phi) is 5.05. The van der Waals surface area contributed by atoms with E-state index >= 15 is 0 Å². The molecule has 1 nitrogen and oxygen atoms in total.